The third kappa shape index (κ3) is 2.91. The molecule has 1 heterocycles. The van der Waals surface area contributed by atoms with Crippen molar-refractivity contribution in [2.45, 2.75) is 6.42 Å². The van der Waals surface area contributed by atoms with E-state index in [9.17, 15) is 0 Å². The van der Waals surface area contributed by atoms with E-state index in [0.717, 1.165) is 17.5 Å². The lowest BCUT2D eigenvalue weighted by Gasteiger charge is -2.11. The van der Waals surface area contributed by atoms with Crippen molar-refractivity contribution in [2.24, 2.45) is 0 Å². The molecule has 0 bridgehead atoms. The van der Waals surface area contributed by atoms with Crippen LogP contribution in [0.5, 0.6) is 0 Å². The highest BCUT2D eigenvalue weighted by atomic mass is 35.5. The normalized spacial score (nSPS) is 10.5. The van der Waals surface area contributed by atoms with Crippen molar-refractivity contribution in [1.29, 1.82) is 0 Å². The predicted molar refractivity (Wildman–Crippen MR) is 106 cm³/mol. The second-order valence-corrected chi connectivity index (χ2v) is 5.75. The minimum atomic E-state index is 0. The number of benzene rings is 3. The highest BCUT2D eigenvalue weighted by molar-refractivity contribution is 5.97. The zero-order chi connectivity index (χ0) is 15.6. The Balaban J connectivity index is 0.00000169. The molecule has 0 amide bonds. The molecule has 1 aromatic heterocycles. The van der Waals surface area contributed by atoms with Crippen molar-refractivity contribution in [2.75, 3.05) is 0 Å². The fraction of sp³-hybridized carbons (Fsp3) is 0.0455. The van der Waals surface area contributed by atoms with E-state index in [1.807, 2.05) is 18.2 Å². The molecule has 0 unspecified atom stereocenters. The van der Waals surface area contributed by atoms with Gasteiger partial charge in [-0.15, -0.1) is 12.4 Å². The average Bonchev–Trinajstić information content (AvgIpc) is 2.61. The predicted octanol–water partition coefficient (Wildman–Crippen LogP) is 6.04. The Morgan fingerprint density at radius 2 is 1.58 bits per heavy atom. The minimum Gasteiger partial charge on any atom is -0.248 e. The summed E-state index contributed by atoms with van der Waals surface area (Å²) in [5.74, 6) is 0. The van der Waals surface area contributed by atoms with Crippen molar-refractivity contribution in [3.05, 3.63) is 96.1 Å². The summed E-state index contributed by atoms with van der Waals surface area (Å²) >= 11 is 0. The van der Waals surface area contributed by atoms with Gasteiger partial charge in [-0.2, -0.15) is 0 Å². The summed E-state index contributed by atoms with van der Waals surface area (Å²) in [4.78, 5) is 4.79. The van der Waals surface area contributed by atoms with E-state index < -0.39 is 0 Å². The smallest absolute Gasteiger partial charge is 0.0715 e. The first kappa shape index (κ1) is 16.2. The minimum absolute atomic E-state index is 0. The number of pyridine rings is 1. The average molecular weight is 332 g/mol. The number of nitrogens with zero attached hydrogens (tertiary/aromatic N) is 1. The zero-order valence-corrected chi connectivity index (χ0v) is 14.1. The highest BCUT2D eigenvalue weighted by Gasteiger charge is 2.08. The number of aromatic nitrogens is 1. The van der Waals surface area contributed by atoms with Gasteiger partial charge in [-0.3, -0.25) is 0 Å². The van der Waals surface area contributed by atoms with Crippen LogP contribution >= 0.6 is 12.4 Å². The molecule has 0 saturated heterocycles. The first-order valence-corrected chi connectivity index (χ1v) is 7.83. The molecule has 0 spiro atoms. The molecule has 1 nitrogen and oxygen atoms in total. The number of hydrogen-bond acceptors (Lipinski definition) is 1. The lowest BCUT2D eigenvalue weighted by Crippen LogP contribution is -1.94. The summed E-state index contributed by atoms with van der Waals surface area (Å²) < 4.78 is 0. The van der Waals surface area contributed by atoms with Crippen molar-refractivity contribution < 1.29 is 0 Å². The van der Waals surface area contributed by atoms with Gasteiger partial charge in [0.05, 0.1) is 11.0 Å². The van der Waals surface area contributed by atoms with Crippen LogP contribution in [0.4, 0.5) is 0 Å². The van der Waals surface area contributed by atoms with Gasteiger partial charge in [-0.05, 0) is 41.3 Å². The lowest BCUT2D eigenvalue weighted by atomic mass is 9.95. The van der Waals surface area contributed by atoms with Gasteiger partial charge >= 0.3 is 0 Å². The molecule has 4 aromatic rings. The van der Waals surface area contributed by atoms with E-state index in [0.29, 0.717) is 0 Å². The SMILES string of the molecule is C=Cc1c(Cc2ccccc2)ccc2nc3ccccc3cc12.Cl. The van der Waals surface area contributed by atoms with Gasteiger partial charge < -0.3 is 0 Å². The number of halogens is 1. The number of fused-ring (bicyclic) bond motifs is 2. The molecule has 0 N–H and O–H groups in total. The van der Waals surface area contributed by atoms with Gasteiger partial charge in [0.15, 0.2) is 0 Å². The summed E-state index contributed by atoms with van der Waals surface area (Å²) in [6.07, 6.45) is 2.86. The second-order valence-electron chi connectivity index (χ2n) is 5.75. The molecule has 0 fully saturated rings. The number of para-hydroxylation sites is 1. The maximum absolute atomic E-state index is 4.79. The highest BCUT2D eigenvalue weighted by Crippen LogP contribution is 2.27. The zero-order valence-electron chi connectivity index (χ0n) is 13.3. The largest absolute Gasteiger partial charge is 0.248 e. The summed E-state index contributed by atoms with van der Waals surface area (Å²) in [7, 11) is 0. The van der Waals surface area contributed by atoms with Gasteiger partial charge in [-0.1, -0.05) is 67.3 Å². The van der Waals surface area contributed by atoms with E-state index >= 15 is 0 Å². The first-order valence-electron chi connectivity index (χ1n) is 7.83. The molecule has 0 atom stereocenters. The fourth-order valence-electron chi connectivity index (χ4n) is 3.13. The Kier molecular flexibility index (Phi) is 4.64. The molecule has 0 radical (unpaired) electrons. The maximum Gasteiger partial charge on any atom is 0.0715 e. The third-order valence-corrected chi connectivity index (χ3v) is 4.27. The van der Waals surface area contributed by atoms with E-state index in [2.05, 4.69) is 67.2 Å². The molecule has 3 aromatic carbocycles. The Morgan fingerprint density at radius 1 is 0.833 bits per heavy atom. The summed E-state index contributed by atoms with van der Waals surface area (Å²) in [5, 5.41) is 2.34. The van der Waals surface area contributed by atoms with Crippen molar-refractivity contribution in [3.8, 4) is 0 Å². The first-order chi connectivity index (χ1) is 11.3. The molecule has 0 aliphatic rings. The van der Waals surface area contributed by atoms with Crippen molar-refractivity contribution in [1.82, 2.24) is 4.98 Å². The van der Waals surface area contributed by atoms with Crippen LogP contribution in [0.3, 0.4) is 0 Å². The molecule has 2 heteroatoms. The molecule has 24 heavy (non-hydrogen) atoms. The van der Waals surface area contributed by atoms with Crippen molar-refractivity contribution in [3.63, 3.8) is 0 Å². The van der Waals surface area contributed by atoms with Crippen LogP contribution < -0.4 is 0 Å². The van der Waals surface area contributed by atoms with Crippen LogP contribution in [0, 0.1) is 0 Å². The Hall–Kier alpha value is -2.64. The summed E-state index contributed by atoms with van der Waals surface area (Å²) in [6.45, 7) is 4.04. The maximum atomic E-state index is 4.79. The third-order valence-electron chi connectivity index (χ3n) is 4.27. The van der Waals surface area contributed by atoms with Gasteiger partial charge in [0.1, 0.15) is 0 Å². The lowest BCUT2D eigenvalue weighted by molar-refractivity contribution is 1.19. The molecular weight excluding hydrogens is 314 g/mol. The summed E-state index contributed by atoms with van der Waals surface area (Å²) in [5.41, 5.74) is 5.84. The monoisotopic (exact) mass is 331 g/mol. The van der Waals surface area contributed by atoms with Crippen LogP contribution in [-0.2, 0) is 6.42 Å². The molecule has 0 aliphatic heterocycles. The van der Waals surface area contributed by atoms with E-state index in [1.54, 1.807) is 0 Å². The standard InChI is InChI=1S/C22H17N.ClH/c1-2-19-17(14-16-8-4-3-5-9-16)12-13-22-20(19)15-18-10-6-7-11-21(18)23-22;/h2-13,15H,1,14H2;1H. The number of rotatable bonds is 3. The van der Waals surface area contributed by atoms with Gasteiger partial charge in [0, 0.05) is 10.8 Å². The van der Waals surface area contributed by atoms with Crippen LogP contribution in [0.25, 0.3) is 27.9 Å². The second kappa shape index (κ2) is 6.86. The fourth-order valence-corrected chi connectivity index (χ4v) is 3.13. The van der Waals surface area contributed by atoms with Crippen LogP contribution in [0.2, 0.25) is 0 Å². The summed E-state index contributed by atoms with van der Waals surface area (Å²) in [6, 6.07) is 25.3. The van der Waals surface area contributed by atoms with Crippen LogP contribution in [0.1, 0.15) is 16.7 Å². The molecule has 118 valence electrons. The Morgan fingerprint density at radius 3 is 2.38 bits per heavy atom. The Bertz CT molecular complexity index is 1010. The van der Waals surface area contributed by atoms with Crippen LogP contribution in [-0.4, -0.2) is 4.98 Å². The Labute approximate surface area is 148 Å². The van der Waals surface area contributed by atoms with Gasteiger partial charge in [0.25, 0.3) is 0 Å². The topological polar surface area (TPSA) is 12.9 Å². The quantitative estimate of drug-likeness (QED) is 0.417. The van der Waals surface area contributed by atoms with E-state index in [1.165, 1.54) is 27.5 Å². The van der Waals surface area contributed by atoms with Crippen LogP contribution in [0.15, 0.2) is 79.4 Å². The van der Waals surface area contributed by atoms with Crippen molar-refractivity contribution >= 4 is 40.3 Å². The molecule has 4 rings (SSSR count). The molecule has 0 saturated carbocycles. The molecular formula is C22H18ClN. The van der Waals surface area contributed by atoms with Gasteiger partial charge in [0.2, 0.25) is 0 Å². The molecule has 0 aliphatic carbocycles. The van der Waals surface area contributed by atoms with E-state index in [4.69, 9.17) is 4.98 Å². The van der Waals surface area contributed by atoms with Gasteiger partial charge in [-0.25, -0.2) is 4.98 Å². The van der Waals surface area contributed by atoms with E-state index in [-0.39, 0.29) is 12.4 Å². The number of hydrogen-bond donors (Lipinski definition) is 0.